The summed E-state index contributed by atoms with van der Waals surface area (Å²) in [6, 6.07) is 8.90. The Morgan fingerprint density at radius 2 is 2.33 bits per heavy atom. The molecule has 0 bridgehead atoms. The Morgan fingerprint density at radius 1 is 1.46 bits per heavy atom. The highest BCUT2D eigenvalue weighted by Gasteiger charge is 2.19. The van der Waals surface area contributed by atoms with Gasteiger partial charge in [0.05, 0.1) is 18.1 Å². The largest absolute Gasteiger partial charge is 0.488 e. The molecule has 0 saturated carbocycles. The van der Waals surface area contributed by atoms with Crippen molar-refractivity contribution in [3.63, 3.8) is 0 Å². The third kappa shape index (κ3) is 3.80. The van der Waals surface area contributed by atoms with Crippen LogP contribution in [0.1, 0.15) is 17.5 Å². The summed E-state index contributed by atoms with van der Waals surface area (Å²) < 4.78 is 11.4. The van der Waals surface area contributed by atoms with Gasteiger partial charge in [-0.1, -0.05) is 12.1 Å². The first-order chi connectivity index (χ1) is 11.6. The highest BCUT2D eigenvalue weighted by Crippen LogP contribution is 2.26. The number of pyridine rings is 1. The predicted molar refractivity (Wildman–Crippen MR) is 89.2 cm³/mol. The van der Waals surface area contributed by atoms with Crippen molar-refractivity contribution in [2.75, 3.05) is 18.5 Å². The molecule has 24 heavy (non-hydrogen) atoms. The van der Waals surface area contributed by atoms with Gasteiger partial charge in [0.2, 0.25) is 5.82 Å². The molecule has 1 aliphatic heterocycles. The first-order valence-electron chi connectivity index (χ1n) is 7.80. The van der Waals surface area contributed by atoms with Crippen molar-refractivity contribution in [2.24, 2.45) is 0 Å². The summed E-state index contributed by atoms with van der Waals surface area (Å²) in [5.41, 5.74) is 1.97. The predicted octanol–water partition coefficient (Wildman–Crippen LogP) is 3.08. The number of nitrogens with zero attached hydrogens (tertiary/aromatic N) is 2. The molecule has 0 aliphatic carbocycles. The summed E-state index contributed by atoms with van der Waals surface area (Å²) in [6.45, 7) is 3.69. The lowest BCUT2D eigenvalue weighted by Crippen LogP contribution is -2.17. The molecule has 2 aromatic rings. The Kier molecular flexibility index (Phi) is 4.90. The van der Waals surface area contributed by atoms with Crippen LogP contribution in [0.3, 0.4) is 0 Å². The Labute approximate surface area is 139 Å². The smallest absolute Gasteiger partial charge is 0.311 e. The van der Waals surface area contributed by atoms with Gasteiger partial charge in [-0.3, -0.25) is 10.1 Å². The summed E-state index contributed by atoms with van der Waals surface area (Å²) in [7, 11) is 0. The first kappa shape index (κ1) is 16.2. The number of anilines is 1. The van der Waals surface area contributed by atoms with E-state index >= 15 is 0 Å². The number of hydrogen-bond donors (Lipinski definition) is 1. The van der Waals surface area contributed by atoms with E-state index < -0.39 is 4.92 Å². The second kappa shape index (κ2) is 7.27. The van der Waals surface area contributed by atoms with Gasteiger partial charge in [0.15, 0.2) is 0 Å². The number of hydrogen-bond acceptors (Lipinski definition) is 6. The molecule has 7 nitrogen and oxygen atoms in total. The molecule has 0 radical (unpaired) electrons. The summed E-state index contributed by atoms with van der Waals surface area (Å²) >= 11 is 0. The molecular weight excluding hydrogens is 310 g/mol. The van der Waals surface area contributed by atoms with E-state index in [9.17, 15) is 10.1 Å². The van der Waals surface area contributed by atoms with Gasteiger partial charge in [-0.05, 0) is 24.6 Å². The maximum atomic E-state index is 11.1. The van der Waals surface area contributed by atoms with E-state index in [1.807, 2.05) is 25.1 Å². The SMILES string of the molecule is Cc1ccc(CNc2ncccc2[N+](=O)[O-])c(O[C@@H]2CCOC2)c1. The van der Waals surface area contributed by atoms with Crippen molar-refractivity contribution >= 4 is 11.5 Å². The van der Waals surface area contributed by atoms with E-state index in [2.05, 4.69) is 10.3 Å². The summed E-state index contributed by atoms with van der Waals surface area (Å²) in [5, 5.41) is 14.1. The highest BCUT2D eigenvalue weighted by molar-refractivity contribution is 5.55. The van der Waals surface area contributed by atoms with Crippen molar-refractivity contribution in [1.82, 2.24) is 4.98 Å². The fourth-order valence-electron chi connectivity index (χ4n) is 2.56. The molecule has 2 heterocycles. The van der Waals surface area contributed by atoms with Crippen molar-refractivity contribution in [3.8, 4) is 5.75 Å². The Morgan fingerprint density at radius 3 is 3.08 bits per heavy atom. The van der Waals surface area contributed by atoms with Gasteiger partial charge >= 0.3 is 5.69 Å². The molecule has 7 heteroatoms. The minimum Gasteiger partial charge on any atom is -0.488 e. The van der Waals surface area contributed by atoms with Gasteiger partial charge in [0, 0.05) is 30.8 Å². The van der Waals surface area contributed by atoms with E-state index in [-0.39, 0.29) is 17.6 Å². The van der Waals surface area contributed by atoms with Crippen LogP contribution in [0.2, 0.25) is 0 Å². The summed E-state index contributed by atoms with van der Waals surface area (Å²) in [6.07, 6.45) is 2.44. The van der Waals surface area contributed by atoms with Crippen molar-refractivity contribution < 1.29 is 14.4 Å². The maximum Gasteiger partial charge on any atom is 0.311 e. The average molecular weight is 329 g/mol. The number of aryl methyl sites for hydroxylation is 1. The van der Waals surface area contributed by atoms with Gasteiger partial charge < -0.3 is 14.8 Å². The molecule has 0 amide bonds. The molecule has 1 fully saturated rings. The van der Waals surface area contributed by atoms with Crippen LogP contribution < -0.4 is 10.1 Å². The topological polar surface area (TPSA) is 86.5 Å². The van der Waals surface area contributed by atoms with Crippen LogP contribution in [0.4, 0.5) is 11.5 Å². The quantitative estimate of drug-likeness (QED) is 0.647. The number of benzene rings is 1. The van der Waals surface area contributed by atoms with E-state index in [0.717, 1.165) is 23.3 Å². The molecule has 1 aromatic carbocycles. The normalized spacial score (nSPS) is 16.8. The minimum absolute atomic E-state index is 0.0451. The average Bonchev–Trinajstić information content (AvgIpc) is 3.07. The number of ether oxygens (including phenoxy) is 2. The fraction of sp³-hybridized carbons (Fsp3) is 0.353. The van der Waals surface area contributed by atoms with Crippen LogP contribution in [0.5, 0.6) is 5.75 Å². The maximum absolute atomic E-state index is 11.1. The van der Waals surface area contributed by atoms with Gasteiger partial charge in [-0.2, -0.15) is 0 Å². The second-order valence-electron chi connectivity index (χ2n) is 5.70. The van der Waals surface area contributed by atoms with Crippen LogP contribution in [0.15, 0.2) is 36.5 Å². The molecule has 1 atom stereocenters. The standard InChI is InChI=1S/C17H19N3O4/c1-12-4-5-13(16(9-12)24-14-6-8-23-11-14)10-19-17-15(20(21)22)3-2-7-18-17/h2-5,7,9,14H,6,8,10-11H2,1H3,(H,18,19)/t14-/m1/s1. The fourth-order valence-corrected chi connectivity index (χ4v) is 2.56. The zero-order chi connectivity index (χ0) is 16.9. The molecule has 3 rings (SSSR count). The molecule has 1 aromatic heterocycles. The van der Waals surface area contributed by atoms with E-state index in [4.69, 9.17) is 9.47 Å². The molecule has 1 N–H and O–H groups in total. The zero-order valence-corrected chi connectivity index (χ0v) is 13.4. The number of nitrogens with one attached hydrogen (secondary N) is 1. The molecule has 0 unspecified atom stereocenters. The van der Waals surface area contributed by atoms with Gasteiger partial charge in [-0.25, -0.2) is 4.98 Å². The van der Waals surface area contributed by atoms with E-state index in [0.29, 0.717) is 19.8 Å². The third-order valence-corrected chi connectivity index (χ3v) is 3.83. The molecular formula is C17H19N3O4. The summed E-state index contributed by atoms with van der Waals surface area (Å²) in [4.78, 5) is 14.7. The van der Waals surface area contributed by atoms with Crippen LogP contribution in [-0.4, -0.2) is 29.2 Å². The Balaban J connectivity index is 1.76. The van der Waals surface area contributed by atoms with E-state index in [1.165, 1.54) is 12.3 Å². The lowest BCUT2D eigenvalue weighted by molar-refractivity contribution is -0.384. The van der Waals surface area contributed by atoms with Gasteiger partial charge in [0.25, 0.3) is 0 Å². The van der Waals surface area contributed by atoms with E-state index in [1.54, 1.807) is 6.07 Å². The number of aromatic nitrogens is 1. The highest BCUT2D eigenvalue weighted by atomic mass is 16.6. The lowest BCUT2D eigenvalue weighted by Gasteiger charge is -2.17. The third-order valence-electron chi connectivity index (χ3n) is 3.83. The van der Waals surface area contributed by atoms with Crippen molar-refractivity contribution in [1.29, 1.82) is 0 Å². The zero-order valence-electron chi connectivity index (χ0n) is 13.4. The monoisotopic (exact) mass is 329 g/mol. The molecule has 0 spiro atoms. The van der Waals surface area contributed by atoms with Crippen LogP contribution in [0, 0.1) is 17.0 Å². The minimum atomic E-state index is -0.447. The molecule has 1 aliphatic rings. The number of nitro groups is 1. The number of rotatable bonds is 6. The Bertz CT molecular complexity index is 730. The summed E-state index contributed by atoms with van der Waals surface area (Å²) in [5.74, 6) is 1.02. The van der Waals surface area contributed by atoms with Crippen LogP contribution in [-0.2, 0) is 11.3 Å². The second-order valence-corrected chi connectivity index (χ2v) is 5.70. The van der Waals surface area contributed by atoms with Crippen LogP contribution >= 0.6 is 0 Å². The Hall–Kier alpha value is -2.67. The lowest BCUT2D eigenvalue weighted by atomic mass is 10.1. The molecule has 1 saturated heterocycles. The molecule has 126 valence electrons. The first-order valence-corrected chi connectivity index (χ1v) is 7.80. The van der Waals surface area contributed by atoms with Crippen LogP contribution in [0.25, 0.3) is 0 Å². The van der Waals surface area contributed by atoms with Crippen molar-refractivity contribution in [2.45, 2.75) is 26.0 Å². The van der Waals surface area contributed by atoms with Gasteiger partial charge in [-0.15, -0.1) is 0 Å². The van der Waals surface area contributed by atoms with Gasteiger partial charge in [0.1, 0.15) is 11.9 Å². The van der Waals surface area contributed by atoms with Crippen molar-refractivity contribution in [3.05, 3.63) is 57.8 Å².